The second kappa shape index (κ2) is 6.39. The van der Waals surface area contributed by atoms with E-state index in [0.29, 0.717) is 12.2 Å². The molecule has 2 aliphatic rings. The number of nitrogens with zero attached hydrogens (tertiary/aromatic N) is 1. The average molecular weight is 341 g/mol. The van der Waals surface area contributed by atoms with Crippen molar-refractivity contribution in [1.82, 2.24) is 0 Å². The van der Waals surface area contributed by atoms with Crippen LogP contribution >= 0.6 is 0 Å². The number of fused-ring (bicyclic) bond motifs is 1. The molecule has 2 atom stereocenters. The summed E-state index contributed by atoms with van der Waals surface area (Å²) in [6.07, 6.45) is 9.55. The molecule has 5 heteroatoms. The lowest BCUT2D eigenvalue weighted by atomic mass is 9.92. The maximum atomic E-state index is 12.2. The Labute approximate surface area is 147 Å². The zero-order valence-electron chi connectivity index (χ0n) is 15.0. The van der Waals surface area contributed by atoms with Crippen molar-refractivity contribution in [1.29, 1.82) is 0 Å². The largest absolute Gasteiger partial charge is 0.507 e. The minimum atomic E-state index is -0.745. The molecular formula is C20H23NO4. The van der Waals surface area contributed by atoms with E-state index in [1.165, 1.54) is 0 Å². The first-order valence-corrected chi connectivity index (χ1v) is 8.38. The molecule has 1 aromatic rings. The van der Waals surface area contributed by atoms with Crippen LogP contribution < -0.4 is 4.74 Å². The lowest BCUT2D eigenvalue weighted by Crippen LogP contribution is -2.39. The Bertz CT molecular complexity index is 807. The van der Waals surface area contributed by atoms with Gasteiger partial charge in [0.15, 0.2) is 5.60 Å². The smallest absolute Gasteiger partial charge is 0.314 e. The minimum absolute atomic E-state index is 0.119. The quantitative estimate of drug-likeness (QED) is 0.853. The van der Waals surface area contributed by atoms with Crippen LogP contribution in [0.25, 0.3) is 6.08 Å². The Balaban J connectivity index is 1.77. The third-order valence-electron chi connectivity index (χ3n) is 4.85. The molecule has 3 rings (SSSR count). The highest BCUT2D eigenvalue weighted by Crippen LogP contribution is 2.42. The summed E-state index contributed by atoms with van der Waals surface area (Å²) in [7, 11) is 0. The van der Waals surface area contributed by atoms with Gasteiger partial charge in [0, 0.05) is 23.5 Å². The molecule has 0 spiro atoms. The number of hydrogen-bond acceptors (Lipinski definition) is 5. The number of carbonyl (C=O) groups excluding carboxylic acids is 1. The van der Waals surface area contributed by atoms with Crippen molar-refractivity contribution in [3.05, 3.63) is 40.6 Å². The molecule has 0 amide bonds. The maximum absolute atomic E-state index is 12.2. The topological polar surface area (TPSA) is 68.1 Å². The predicted octanol–water partition coefficient (Wildman–Crippen LogP) is 3.63. The number of aromatic hydroxyl groups is 1. The first-order chi connectivity index (χ1) is 11.8. The number of carbonyl (C=O) groups is 1. The Morgan fingerprint density at radius 1 is 1.36 bits per heavy atom. The van der Waals surface area contributed by atoms with Crippen LogP contribution in [-0.4, -0.2) is 29.5 Å². The number of allylic oxidation sites excluding steroid dienone is 1. The van der Waals surface area contributed by atoms with Gasteiger partial charge in [0.2, 0.25) is 0 Å². The fourth-order valence-electron chi connectivity index (χ4n) is 3.03. The van der Waals surface area contributed by atoms with Gasteiger partial charge in [-0.25, -0.2) is 0 Å². The molecule has 25 heavy (non-hydrogen) atoms. The summed E-state index contributed by atoms with van der Waals surface area (Å²) >= 11 is 0. The predicted molar refractivity (Wildman–Crippen MR) is 97.1 cm³/mol. The van der Waals surface area contributed by atoms with E-state index in [0.717, 1.165) is 28.0 Å². The molecular weight excluding hydrogens is 318 g/mol. The van der Waals surface area contributed by atoms with Gasteiger partial charge < -0.3 is 14.6 Å². The van der Waals surface area contributed by atoms with Gasteiger partial charge in [-0.2, -0.15) is 0 Å². The number of esters is 1. The van der Waals surface area contributed by atoms with E-state index in [9.17, 15) is 9.90 Å². The summed E-state index contributed by atoms with van der Waals surface area (Å²) in [4.78, 5) is 16.2. The number of benzene rings is 1. The SMILES string of the molecule is Cc1c(C)c2c(c(C)c1O)C=CC(C)(COC(=O)C1C=NC=CC1)O2. The molecule has 2 aliphatic heterocycles. The molecule has 2 unspecified atom stereocenters. The van der Waals surface area contributed by atoms with Crippen molar-refractivity contribution < 1.29 is 19.4 Å². The zero-order valence-corrected chi connectivity index (χ0v) is 15.0. The van der Waals surface area contributed by atoms with Crippen LogP contribution in [0.3, 0.4) is 0 Å². The lowest BCUT2D eigenvalue weighted by Gasteiger charge is -2.33. The second-order valence-electron chi connectivity index (χ2n) is 6.85. The van der Waals surface area contributed by atoms with E-state index in [1.807, 2.05) is 45.9 Å². The van der Waals surface area contributed by atoms with E-state index in [-0.39, 0.29) is 18.5 Å². The summed E-state index contributed by atoms with van der Waals surface area (Å²) in [5, 5.41) is 10.2. The van der Waals surface area contributed by atoms with Gasteiger partial charge in [0.05, 0.1) is 5.92 Å². The van der Waals surface area contributed by atoms with Crippen molar-refractivity contribution in [2.75, 3.05) is 6.61 Å². The standard InChI is InChI=1S/C20H23NO4/c1-12-13(2)18-16(14(3)17(12)22)7-8-20(4,25-18)11-24-19(23)15-6-5-9-21-10-15/h5,7-10,15,22H,6,11H2,1-4H3. The summed E-state index contributed by atoms with van der Waals surface area (Å²) in [5.41, 5.74) is 2.61. The van der Waals surface area contributed by atoms with Gasteiger partial charge >= 0.3 is 5.97 Å². The third-order valence-corrected chi connectivity index (χ3v) is 4.85. The first kappa shape index (κ1) is 17.3. The number of aliphatic imine (C=N–C) groups is 1. The molecule has 0 radical (unpaired) electrons. The molecule has 0 bridgehead atoms. The molecule has 5 nitrogen and oxygen atoms in total. The van der Waals surface area contributed by atoms with Crippen LogP contribution in [0.4, 0.5) is 0 Å². The number of hydrogen-bond donors (Lipinski definition) is 1. The molecule has 132 valence electrons. The fourth-order valence-corrected chi connectivity index (χ4v) is 3.03. The third kappa shape index (κ3) is 3.18. The Morgan fingerprint density at radius 3 is 2.80 bits per heavy atom. The van der Waals surface area contributed by atoms with E-state index >= 15 is 0 Å². The Morgan fingerprint density at radius 2 is 2.12 bits per heavy atom. The van der Waals surface area contributed by atoms with Crippen molar-refractivity contribution in [2.45, 2.75) is 39.7 Å². The van der Waals surface area contributed by atoms with E-state index in [2.05, 4.69) is 4.99 Å². The number of phenols is 1. The Kier molecular flexibility index (Phi) is 4.41. The van der Waals surface area contributed by atoms with Crippen LogP contribution in [0.1, 0.15) is 35.6 Å². The summed E-state index contributed by atoms with van der Waals surface area (Å²) in [6.45, 7) is 7.66. The lowest BCUT2D eigenvalue weighted by molar-refractivity contribution is -0.150. The highest BCUT2D eigenvalue weighted by Gasteiger charge is 2.33. The maximum Gasteiger partial charge on any atom is 0.314 e. The van der Waals surface area contributed by atoms with Gasteiger partial charge in [-0.15, -0.1) is 0 Å². The van der Waals surface area contributed by atoms with Crippen LogP contribution in [0.15, 0.2) is 23.3 Å². The van der Waals surface area contributed by atoms with Crippen molar-refractivity contribution in [3.63, 3.8) is 0 Å². The van der Waals surface area contributed by atoms with Crippen LogP contribution in [0.2, 0.25) is 0 Å². The van der Waals surface area contributed by atoms with E-state index in [4.69, 9.17) is 9.47 Å². The van der Waals surface area contributed by atoms with Crippen LogP contribution in [-0.2, 0) is 9.53 Å². The van der Waals surface area contributed by atoms with Crippen molar-refractivity contribution in [2.24, 2.45) is 10.9 Å². The van der Waals surface area contributed by atoms with Crippen LogP contribution in [0.5, 0.6) is 11.5 Å². The van der Waals surface area contributed by atoms with Gasteiger partial charge in [-0.3, -0.25) is 9.79 Å². The fraction of sp³-hybridized carbons (Fsp3) is 0.400. The molecule has 0 saturated carbocycles. The molecule has 0 saturated heterocycles. The molecule has 1 aromatic carbocycles. The molecule has 2 heterocycles. The van der Waals surface area contributed by atoms with Crippen molar-refractivity contribution in [3.8, 4) is 11.5 Å². The highest BCUT2D eigenvalue weighted by molar-refractivity contribution is 5.90. The van der Waals surface area contributed by atoms with E-state index in [1.54, 1.807) is 12.4 Å². The summed E-state index contributed by atoms with van der Waals surface area (Å²) in [6, 6.07) is 0. The van der Waals surface area contributed by atoms with Gasteiger partial charge in [-0.1, -0.05) is 12.2 Å². The van der Waals surface area contributed by atoms with Gasteiger partial charge in [-0.05, 0) is 51.3 Å². The highest BCUT2D eigenvalue weighted by atomic mass is 16.6. The number of phenolic OH excluding ortho intramolecular Hbond substituents is 1. The monoisotopic (exact) mass is 341 g/mol. The number of ether oxygens (including phenoxy) is 2. The number of rotatable bonds is 3. The normalized spacial score (nSPS) is 23.9. The zero-order chi connectivity index (χ0) is 18.2. The van der Waals surface area contributed by atoms with Gasteiger partial charge in [0.1, 0.15) is 18.1 Å². The summed E-state index contributed by atoms with van der Waals surface area (Å²) < 4.78 is 11.7. The second-order valence-corrected chi connectivity index (χ2v) is 6.85. The van der Waals surface area contributed by atoms with Crippen LogP contribution in [0, 0.1) is 26.7 Å². The van der Waals surface area contributed by atoms with Gasteiger partial charge in [0.25, 0.3) is 0 Å². The first-order valence-electron chi connectivity index (χ1n) is 8.38. The molecule has 0 aromatic heterocycles. The molecule has 1 N–H and O–H groups in total. The molecule has 0 aliphatic carbocycles. The van der Waals surface area contributed by atoms with Crippen molar-refractivity contribution >= 4 is 18.3 Å². The minimum Gasteiger partial charge on any atom is -0.507 e. The molecule has 0 fully saturated rings. The Hall–Kier alpha value is -2.56. The van der Waals surface area contributed by atoms with E-state index < -0.39 is 5.60 Å². The average Bonchev–Trinajstić information content (AvgIpc) is 2.63. The summed E-state index contributed by atoms with van der Waals surface area (Å²) in [5.74, 6) is 0.392.